The Morgan fingerprint density at radius 3 is 2.28 bits per heavy atom. The smallest absolute Gasteiger partial charge is 0.338 e. The highest BCUT2D eigenvalue weighted by atomic mass is 32.2. The highest BCUT2D eigenvalue weighted by Crippen LogP contribution is 2.32. The molecule has 1 aromatic heterocycles. The van der Waals surface area contributed by atoms with Crippen LogP contribution in [0.1, 0.15) is 39.4 Å². The molecule has 186 valence electrons. The minimum absolute atomic E-state index is 0.231. The lowest BCUT2D eigenvalue weighted by molar-refractivity contribution is 0.0526. The van der Waals surface area contributed by atoms with Crippen molar-refractivity contribution in [2.24, 2.45) is 0 Å². The number of aryl methyl sites for hydroxylation is 1. The number of benzene rings is 3. The zero-order valence-corrected chi connectivity index (χ0v) is 21.8. The van der Waals surface area contributed by atoms with E-state index >= 15 is 0 Å². The number of nitrogens with zero attached hydrogens (tertiary/aromatic N) is 1. The lowest BCUT2D eigenvalue weighted by Gasteiger charge is -2.23. The molecule has 0 aliphatic heterocycles. The Labute approximate surface area is 214 Å². The highest BCUT2D eigenvalue weighted by molar-refractivity contribution is 7.92. The van der Waals surface area contributed by atoms with Crippen molar-refractivity contribution in [2.45, 2.75) is 25.7 Å². The van der Waals surface area contributed by atoms with Crippen molar-refractivity contribution < 1.29 is 22.7 Å². The third-order valence-corrected chi connectivity index (χ3v) is 8.59. The van der Waals surface area contributed by atoms with Crippen LogP contribution in [0.3, 0.4) is 0 Å². The van der Waals surface area contributed by atoms with Crippen molar-refractivity contribution in [3.63, 3.8) is 0 Å². The van der Waals surface area contributed by atoms with Crippen LogP contribution in [0.5, 0.6) is 0 Å². The van der Waals surface area contributed by atoms with E-state index in [0.29, 0.717) is 28.4 Å². The Balaban J connectivity index is 1.55. The van der Waals surface area contributed by atoms with Gasteiger partial charge in [-0.1, -0.05) is 17.7 Å². The van der Waals surface area contributed by atoms with Crippen LogP contribution in [-0.2, 0) is 14.8 Å². The molecule has 1 amide bonds. The van der Waals surface area contributed by atoms with E-state index in [4.69, 9.17) is 4.74 Å². The molecule has 9 heteroatoms. The fraction of sp³-hybridized carbons (Fsp3) is 0.185. The number of fused-ring (bicyclic) bond motifs is 1. The third kappa shape index (κ3) is 5.27. The van der Waals surface area contributed by atoms with Gasteiger partial charge in [-0.15, -0.1) is 11.3 Å². The summed E-state index contributed by atoms with van der Waals surface area (Å²) in [5.74, 6) is -0.706. The van der Waals surface area contributed by atoms with Gasteiger partial charge in [0.25, 0.3) is 15.9 Å². The van der Waals surface area contributed by atoms with Gasteiger partial charge >= 0.3 is 5.97 Å². The summed E-state index contributed by atoms with van der Waals surface area (Å²) < 4.78 is 33.7. The molecule has 0 bridgehead atoms. The molecule has 0 aliphatic rings. The summed E-state index contributed by atoms with van der Waals surface area (Å²) in [4.78, 5) is 25.4. The summed E-state index contributed by atoms with van der Waals surface area (Å²) in [6.07, 6.45) is 0. The molecule has 7 nitrogen and oxygen atoms in total. The summed E-state index contributed by atoms with van der Waals surface area (Å²) in [7, 11) is -3.73. The highest BCUT2D eigenvalue weighted by Gasteiger charge is 2.24. The number of thiophene rings is 1. The van der Waals surface area contributed by atoms with Crippen LogP contribution in [0.4, 0.5) is 11.4 Å². The minimum Gasteiger partial charge on any atom is -0.462 e. The Kier molecular flexibility index (Phi) is 7.42. The zero-order valence-electron chi connectivity index (χ0n) is 20.1. The van der Waals surface area contributed by atoms with Gasteiger partial charge in [0.1, 0.15) is 0 Å². The number of amides is 1. The first kappa shape index (κ1) is 25.4. The predicted octanol–water partition coefficient (Wildman–Crippen LogP) is 5.85. The number of carbonyl (C=O) groups is 2. The van der Waals surface area contributed by atoms with Crippen molar-refractivity contribution in [1.82, 2.24) is 0 Å². The summed E-state index contributed by atoms with van der Waals surface area (Å²) in [5.41, 5.74) is 2.47. The molecular weight excluding hydrogens is 496 g/mol. The van der Waals surface area contributed by atoms with E-state index in [-0.39, 0.29) is 17.3 Å². The number of hydrogen-bond donors (Lipinski definition) is 1. The molecule has 0 saturated carbocycles. The van der Waals surface area contributed by atoms with Crippen LogP contribution in [-0.4, -0.2) is 33.4 Å². The number of ether oxygens (including phenoxy) is 1. The molecule has 0 atom stereocenters. The van der Waals surface area contributed by atoms with Gasteiger partial charge in [0, 0.05) is 16.9 Å². The van der Waals surface area contributed by atoms with Crippen LogP contribution in [0.25, 0.3) is 10.1 Å². The molecule has 0 unspecified atom stereocenters. The Hall–Kier alpha value is -3.69. The van der Waals surface area contributed by atoms with Crippen LogP contribution in [0, 0.1) is 6.92 Å². The average molecular weight is 523 g/mol. The molecule has 4 aromatic rings. The van der Waals surface area contributed by atoms with Gasteiger partial charge in [-0.3, -0.25) is 9.10 Å². The van der Waals surface area contributed by atoms with Crippen molar-refractivity contribution in [2.75, 3.05) is 22.8 Å². The van der Waals surface area contributed by atoms with Gasteiger partial charge < -0.3 is 10.1 Å². The maximum absolute atomic E-state index is 13.3. The molecule has 0 spiro atoms. The first-order valence-electron chi connectivity index (χ1n) is 11.4. The number of esters is 1. The van der Waals surface area contributed by atoms with Gasteiger partial charge in [-0.25, -0.2) is 13.2 Å². The van der Waals surface area contributed by atoms with Crippen LogP contribution in [0.2, 0.25) is 0 Å². The molecule has 0 aliphatic carbocycles. The van der Waals surface area contributed by atoms with Gasteiger partial charge in [0.2, 0.25) is 0 Å². The van der Waals surface area contributed by atoms with Crippen LogP contribution >= 0.6 is 11.3 Å². The molecule has 36 heavy (non-hydrogen) atoms. The number of anilines is 2. The molecule has 0 fully saturated rings. The van der Waals surface area contributed by atoms with Gasteiger partial charge in [-0.05, 0) is 86.8 Å². The molecule has 0 saturated heterocycles. The molecule has 4 rings (SSSR count). The number of sulfonamides is 1. The molecule has 3 aromatic carbocycles. The second kappa shape index (κ2) is 10.5. The number of hydrogen-bond acceptors (Lipinski definition) is 6. The van der Waals surface area contributed by atoms with Crippen molar-refractivity contribution in [1.29, 1.82) is 0 Å². The van der Waals surface area contributed by atoms with E-state index in [0.717, 1.165) is 15.6 Å². The third-order valence-electron chi connectivity index (χ3n) is 5.56. The Morgan fingerprint density at radius 1 is 0.944 bits per heavy atom. The van der Waals surface area contributed by atoms with E-state index in [1.54, 1.807) is 80.6 Å². The number of rotatable bonds is 8. The second-order valence-corrected chi connectivity index (χ2v) is 11.0. The Morgan fingerprint density at radius 2 is 1.64 bits per heavy atom. The quantitative estimate of drug-likeness (QED) is 0.293. The van der Waals surface area contributed by atoms with Crippen molar-refractivity contribution in [3.05, 3.63) is 88.8 Å². The van der Waals surface area contributed by atoms with E-state index in [1.807, 2.05) is 13.0 Å². The first-order chi connectivity index (χ1) is 17.2. The average Bonchev–Trinajstić information content (AvgIpc) is 3.29. The number of carbonyl (C=O) groups excluding carboxylic acids is 2. The fourth-order valence-electron chi connectivity index (χ4n) is 3.72. The maximum Gasteiger partial charge on any atom is 0.338 e. The van der Waals surface area contributed by atoms with E-state index in [9.17, 15) is 18.0 Å². The summed E-state index contributed by atoms with van der Waals surface area (Å²) in [6, 6.07) is 20.4. The van der Waals surface area contributed by atoms with Crippen molar-refractivity contribution >= 4 is 54.7 Å². The Bertz CT molecular complexity index is 1510. The van der Waals surface area contributed by atoms with Gasteiger partial charge in [-0.2, -0.15) is 0 Å². The lowest BCUT2D eigenvalue weighted by atomic mass is 10.2. The normalized spacial score (nSPS) is 11.3. The van der Waals surface area contributed by atoms with Crippen molar-refractivity contribution in [3.8, 4) is 0 Å². The summed E-state index contributed by atoms with van der Waals surface area (Å²) >= 11 is 1.32. The molecule has 1 heterocycles. The van der Waals surface area contributed by atoms with Crippen LogP contribution < -0.4 is 9.62 Å². The SMILES string of the molecule is CCOC(=O)c1ccc(NC(=O)c2cc3cc(N(CC)S(=O)(=O)c4ccc(C)cc4)ccc3s2)cc1. The lowest BCUT2D eigenvalue weighted by Crippen LogP contribution is -2.30. The summed E-state index contributed by atoms with van der Waals surface area (Å²) in [6.45, 7) is 5.99. The minimum atomic E-state index is -3.73. The summed E-state index contributed by atoms with van der Waals surface area (Å²) in [5, 5.41) is 3.61. The zero-order chi connectivity index (χ0) is 25.9. The van der Waals surface area contributed by atoms with Gasteiger partial charge in [0.15, 0.2) is 0 Å². The standard InChI is InChI=1S/C27H26N2O5S2/c1-4-29(36(32,33)23-13-6-18(3)7-14-23)22-12-15-24-20(16-22)17-25(35-24)26(30)28-21-10-8-19(9-11-21)27(31)34-5-2/h6-17H,4-5H2,1-3H3,(H,28,30). The topological polar surface area (TPSA) is 92.8 Å². The van der Waals surface area contributed by atoms with E-state index < -0.39 is 16.0 Å². The largest absolute Gasteiger partial charge is 0.462 e. The molecule has 1 N–H and O–H groups in total. The van der Waals surface area contributed by atoms with E-state index in [1.165, 1.54) is 15.6 Å². The molecule has 0 radical (unpaired) electrons. The second-order valence-electron chi connectivity index (χ2n) is 8.07. The maximum atomic E-state index is 13.3. The van der Waals surface area contributed by atoms with Crippen LogP contribution in [0.15, 0.2) is 77.7 Å². The fourth-order valence-corrected chi connectivity index (χ4v) is 6.13. The molecular formula is C27H26N2O5S2. The predicted molar refractivity (Wildman–Crippen MR) is 144 cm³/mol. The first-order valence-corrected chi connectivity index (χ1v) is 13.7. The van der Waals surface area contributed by atoms with Gasteiger partial charge in [0.05, 0.1) is 27.6 Å². The number of nitrogens with one attached hydrogen (secondary N) is 1. The monoisotopic (exact) mass is 522 g/mol. The van der Waals surface area contributed by atoms with E-state index in [2.05, 4.69) is 5.32 Å².